The Labute approximate surface area is 167 Å². The maximum Gasteiger partial charge on any atom is 0.175 e. The van der Waals surface area contributed by atoms with Crippen LogP contribution < -0.4 is 0 Å². The van der Waals surface area contributed by atoms with E-state index < -0.39 is 17.3 Å². The molecule has 5 aliphatic rings. The van der Waals surface area contributed by atoms with Crippen molar-refractivity contribution >= 4 is 11.6 Å². The minimum absolute atomic E-state index is 0.00119. The first kappa shape index (κ1) is 19.2. The molecule has 1 aliphatic heterocycles. The summed E-state index contributed by atoms with van der Waals surface area (Å²) >= 11 is 0. The highest BCUT2D eigenvalue weighted by atomic mass is 16.7. The fourth-order valence-electron chi connectivity index (χ4n) is 8.56. The minimum atomic E-state index is -0.713. The van der Waals surface area contributed by atoms with Crippen LogP contribution >= 0.6 is 0 Å². The lowest BCUT2D eigenvalue weighted by molar-refractivity contribution is -0.231. The molecule has 1 N–H and O–H groups in total. The molecule has 0 amide bonds. The molecule has 0 radical (unpaired) electrons. The van der Waals surface area contributed by atoms with Gasteiger partial charge in [0.1, 0.15) is 11.6 Å². The van der Waals surface area contributed by atoms with Crippen molar-refractivity contribution in [2.75, 3.05) is 13.2 Å². The molecule has 0 unspecified atom stereocenters. The van der Waals surface area contributed by atoms with E-state index in [0.717, 1.165) is 32.1 Å². The van der Waals surface area contributed by atoms with Gasteiger partial charge in [0.15, 0.2) is 5.79 Å². The van der Waals surface area contributed by atoms with E-state index in [4.69, 9.17) is 9.47 Å². The standard InChI is InChI=1S/C23H34O5/c1-13(24)16-6-7-17-15-5-4-14-10-23(27-8-9-28-23)12-19(26)22(14,3)20(15)18(25)11-21(16,17)2/h14-18,20,25H,4-12H2,1-3H3/t14-,15-,16+,17-,18-,20+,21+,22+/m0/s1. The molecule has 1 saturated heterocycles. The number of rotatable bonds is 1. The predicted molar refractivity (Wildman–Crippen MR) is 102 cm³/mol. The summed E-state index contributed by atoms with van der Waals surface area (Å²) < 4.78 is 11.8. The highest BCUT2D eigenvalue weighted by Gasteiger charge is 2.67. The van der Waals surface area contributed by atoms with E-state index in [9.17, 15) is 14.7 Å². The van der Waals surface area contributed by atoms with Crippen LogP contribution in [-0.4, -0.2) is 41.8 Å². The van der Waals surface area contributed by atoms with Gasteiger partial charge in [0, 0.05) is 23.7 Å². The molecule has 1 heterocycles. The molecule has 5 rings (SSSR count). The molecule has 5 nitrogen and oxygen atoms in total. The van der Waals surface area contributed by atoms with Crippen LogP contribution in [-0.2, 0) is 19.1 Å². The van der Waals surface area contributed by atoms with Crippen LogP contribution in [0.1, 0.15) is 65.7 Å². The number of aliphatic hydroxyl groups is 1. The third-order valence-corrected chi connectivity index (χ3v) is 9.73. The Kier molecular flexibility index (Phi) is 4.19. The monoisotopic (exact) mass is 390 g/mol. The summed E-state index contributed by atoms with van der Waals surface area (Å²) in [6.45, 7) is 7.18. The third kappa shape index (κ3) is 2.36. The van der Waals surface area contributed by atoms with Crippen molar-refractivity contribution in [3.05, 3.63) is 0 Å². The fourth-order valence-corrected chi connectivity index (χ4v) is 8.56. The van der Waals surface area contributed by atoms with Crippen molar-refractivity contribution in [1.29, 1.82) is 0 Å². The van der Waals surface area contributed by atoms with Crippen LogP contribution in [0.2, 0.25) is 0 Å². The second-order valence-corrected chi connectivity index (χ2v) is 10.8. The molecule has 4 aliphatic carbocycles. The number of hydrogen-bond acceptors (Lipinski definition) is 5. The highest BCUT2D eigenvalue weighted by molar-refractivity contribution is 5.87. The van der Waals surface area contributed by atoms with Crippen molar-refractivity contribution in [3.8, 4) is 0 Å². The average molecular weight is 391 g/mol. The Morgan fingerprint density at radius 1 is 1.07 bits per heavy atom. The molecule has 0 bridgehead atoms. The Hall–Kier alpha value is -0.780. The topological polar surface area (TPSA) is 72.8 Å². The molecule has 5 heteroatoms. The lowest BCUT2D eigenvalue weighted by Gasteiger charge is -2.62. The van der Waals surface area contributed by atoms with Gasteiger partial charge >= 0.3 is 0 Å². The summed E-state index contributed by atoms with van der Waals surface area (Å²) in [5, 5.41) is 11.4. The zero-order valence-electron chi connectivity index (χ0n) is 17.4. The van der Waals surface area contributed by atoms with Gasteiger partial charge in [-0.25, -0.2) is 0 Å². The number of ether oxygens (including phenoxy) is 2. The molecule has 0 aromatic rings. The number of Topliss-reactive ketones (excluding diaryl/α,β-unsaturated/α-hetero) is 2. The molecule has 5 fully saturated rings. The van der Waals surface area contributed by atoms with E-state index in [0.29, 0.717) is 37.9 Å². The molecule has 0 aromatic heterocycles. The number of carbonyl (C=O) groups is 2. The lowest BCUT2D eigenvalue weighted by atomic mass is 9.43. The molecular weight excluding hydrogens is 356 g/mol. The van der Waals surface area contributed by atoms with E-state index in [1.807, 2.05) is 0 Å². The van der Waals surface area contributed by atoms with Gasteiger partial charge in [-0.15, -0.1) is 0 Å². The minimum Gasteiger partial charge on any atom is -0.393 e. The summed E-state index contributed by atoms with van der Waals surface area (Å²) in [5.74, 6) is 0.807. The van der Waals surface area contributed by atoms with Crippen molar-refractivity contribution in [2.45, 2.75) is 77.6 Å². The maximum absolute atomic E-state index is 13.5. The van der Waals surface area contributed by atoms with Gasteiger partial charge in [-0.1, -0.05) is 13.8 Å². The predicted octanol–water partition coefficient (Wildman–Crippen LogP) is 3.13. The Balaban J connectivity index is 1.49. The van der Waals surface area contributed by atoms with Crippen LogP contribution in [0.3, 0.4) is 0 Å². The van der Waals surface area contributed by atoms with Crippen molar-refractivity contribution in [2.24, 2.45) is 40.4 Å². The Bertz CT molecular complexity index is 697. The first-order valence-electron chi connectivity index (χ1n) is 11.2. The van der Waals surface area contributed by atoms with Gasteiger partial charge in [0.25, 0.3) is 0 Å². The number of hydrogen-bond donors (Lipinski definition) is 1. The summed E-state index contributed by atoms with van der Waals surface area (Å²) in [6.07, 6.45) is 5.24. The van der Waals surface area contributed by atoms with E-state index in [2.05, 4.69) is 13.8 Å². The summed E-state index contributed by atoms with van der Waals surface area (Å²) in [5.41, 5.74) is -0.620. The van der Waals surface area contributed by atoms with Crippen LogP contribution in [0, 0.1) is 40.4 Å². The van der Waals surface area contributed by atoms with Gasteiger partial charge in [-0.3, -0.25) is 9.59 Å². The number of fused-ring (bicyclic) bond motifs is 5. The first-order valence-corrected chi connectivity index (χ1v) is 11.2. The van der Waals surface area contributed by atoms with Gasteiger partial charge in [0.2, 0.25) is 0 Å². The zero-order valence-corrected chi connectivity index (χ0v) is 17.4. The first-order chi connectivity index (χ1) is 13.2. The number of aliphatic hydroxyl groups excluding tert-OH is 1. The molecular formula is C23H34O5. The van der Waals surface area contributed by atoms with Gasteiger partial charge in [0.05, 0.1) is 25.7 Å². The smallest absolute Gasteiger partial charge is 0.175 e. The average Bonchev–Trinajstić information content (AvgIpc) is 3.20. The SMILES string of the molecule is CC(=O)[C@H]1CC[C@H]2[C@@H]3CC[C@H]4CC5(CC(=O)[C@]4(C)[C@H]3[C@@H](O)C[C@]12C)OCCO5. The van der Waals surface area contributed by atoms with Crippen LogP contribution in [0.15, 0.2) is 0 Å². The highest BCUT2D eigenvalue weighted by Crippen LogP contribution is 2.67. The van der Waals surface area contributed by atoms with Crippen molar-refractivity contribution in [1.82, 2.24) is 0 Å². The Morgan fingerprint density at radius 3 is 2.46 bits per heavy atom. The van der Waals surface area contributed by atoms with Gasteiger partial charge in [-0.2, -0.15) is 0 Å². The normalized spacial score (nSPS) is 52.2. The van der Waals surface area contributed by atoms with Crippen molar-refractivity contribution in [3.63, 3.8) is 0 Å². The van der Waals surface area contributed by atoms with Crippen LogP contribution in [0.4, 0.5) is 0 Å². The van der Waals surface area contributed by atoms with Crippen LogP contribution in [0.25, 0.3) is 0 Å². The van der Waals surface area contributed by atoms with E-state index in [1.165, 1.54) is 0 Å². The number of carbonyl (C=O) groups excluding carboxylic acids is 2. The molecule has 156 valence electrons. The molecule has 4 saturated carbocycles. The fraction of sp³-hybridized carbons (Fsp3) is 0.913. The zero-order chi connectivity index (χ0) is 19.9. The van der Waals surface area contributed by atoms with E-state index >= 15 is 0 Å². The molecule has 8 atom stereocenters. The van der Waals surface area contributed by atoms with Gasteiger partial charge in [-0.05, 0) is 62.2 Å². The summed E-state index contributed by atoms with van der Waals surface area (Å²) in [6, 6.07) is 0. The van der Waals surface area contributed by atoms with E-state index in [1.54, 1.807) is 6.92 Å². The largest absolute Gasteiger partial charge is 0.393 e. The summed E-state index contributed by atoms with van der Waals surface area (Å²) in [7, 11) is 0. The van der Waals surface area contributed by atoms with Crippen LogP contribution in [0.5, 0.6) is 0 Å². The maximum atomic E-state index is 13.5. The second-order valence-electron chi connectivity index (χ2n) is 10.8. The molecule has 28 heavy (non-hydrogen) atoms. The quantitative estimate of drug-likeness (QED) is 0.745. The van der Waals surface area contributed by atoms with Gasteiger partial charge < -0.3 is 14.6 Å². The second kappa shape index (κ2) is 6.12. The van der Waals surface area contributed by atoms with Crippen molar-refractivity contribution < 1.29 is 24.2 Å². The third-order valence-electron chi connectivity index (χ3n) is 9.73. The molecule has 1 spiro atoms. The Morgan fingerprint density at radius 2 is 1.79 bits per heavy atom. The summed E-state index contributed by atoms with van der Waals surface area (Å²) in [4.78, 5) is 25.8. The lowest BCUT2D eigenvalue weighted by Crippen LogP contribution is -2.64. The number of ketones is 2. The van der Waals surface area contributed by atoms with E-state index in [-0.39, 0.29) is 34.7 Å². The molecule has 0 aromatic carbocycles.